The molecule has 0 saturated heterocycles. The molecule has 0 N–H and O–H groups in total. The van der Waals surface area contributed by atoms with Crippen LogP contribution in [-0.4, -0.2) is 16.6 Å². The molecule has 0 aliphatic heterocycles. The van der Waals surface area contributed by atoms with E-state index in [0.717, 1.165) is 11.5 Å². The Kier molecular flexibility index (Phi) is 5.78. The summed E-state index contributed by atoms with van der Waals surface area (Å²) in [5, 5.41) is 0. The van der Waals surface area contributed by atoms with Crippen LogP contribution in [0.25, 0.3) is 0 Å². The van der Waals surface area contributed by atoms with Gasteiger partial charge in [0.2, 0.25) is 16.6 Å². The molecule has 2 aromatic rings. The summed E-state index contributed by atoms with van der Waals surface area (Å²) in [6, 6.07) is 15.2. The summed E-state index contributed by atoms with van der Waals surface area (Å²) in [7, 11) is -3.16. The highest BCUT2D eigenvalue weighted by atomic mass is 28.4. The fourth-order valence-electron chi connectivity index (χ4n) is 2.94. The Hall–Kier alpha value is -1.53. The number of hydrogen-bond acceptors (Lipinski definition) is 2. The van der Waals surface area contributed by atoms with Gasteiger partial charge in [-0.1, -0.05) is 38.1 Å². The summed E-state index contributed by atoms with van der Waals surface area (Å²) >= 11 is 0. The van der Waals surface area contributed by atoms with Gasteiger partial charge < -0.3 is 8.85 Å². The first-order valence-corrected chi connectivity index (χ1v) is 16.2. The van der Waals surface area contributed by atoms with Crippen molar-refractivity contribution in [2.75, 3.05) is 0 Å². The molecule has 0 heterocycles. The van der Waals surface area contributed by atoms with Gasteiger partial charge in [-0.2, -0.15) is 0 Å². The molecule has 2 rings (SSSR count). The molecular weight excluding hydrogens is 352 g/mol. The molecule has 0 aromatic heterocycles. The molecule has 4 heteroatoms. The van der Waals surface area contributed by atoms with Crippen LogP contribution in [0.5, 0.6) is 11.5 Å². The Morgan fingerprint density at radius 3 is 1.65 bits per heavy atom. The minimum absolute atomic E-state index is 0.0693. The van der Waals surface area contributed by atoms with Gasteiger partial charge in [0.15, 0.2) is 0 Å². The predicted octanol–water partition coefficient (Wildman–Crippen LogP) is 6.75. The van der Waals surface area contributed by atoms with Gasteiger partial charge in [0.05, 0.1) is 0 Å². The lowest BCUT2D eigenvalue weighted by Gasteiger charge is -2.28. The van der Waals surface area contributed by atoms with Crippen LogP contribution < -0.4 is 8.85 Å². The number of rotatable bonds is 6. The second kappa shape index (κ2) is 7.24. The molecule has 0 unspecified atom stereocenters. The van der Waals surface area contributed by atoms with Gasteiger partial charge in [-0.05, 0) is 81.1 Å². The second-order valence-corrected chi connectivity index (χ2v) is 18.4. The van der Waals surface area contributed by atoms with E-state index in [1.54, 1.807) is 0 Å². The van der Waals surface area contributed by atoms with E-state index in [1.165, 1.54) is 16.7 Å². The van der Waals surface area contributed by atoms with E-state index >= 15 is 0 Å². The zero-order chi connectivity index (χ0) is 19.8. The van der Waals surface area contributed by atoms with E-state index in [4.69, 9.17) is 8.85 Å². The van der Waals surface area contributed by atoms with Crippen molar-refractivity contribution in [2.24, 2.45) is 0 Å². The highest BCUT2D eigenvalue weighted by Gasteiger charge is 2.25. The van der Waals surface area contributed by atoms with E-state index in [1.807, 2.05) is 0 Å². The smallest absolute Gasteiger partial charge is 0.242 e. The standard InChI is InChI=1S/C22H34O2Si2/c1-17-16-19(12-15-21(17)24-26(7,8)9)22(2,3)18-10-13-20(14-11-18)23-25(4,5)6/h10-16H,1-9H3. The molecule has 142 valence electrons. The molecule has 0 bridgehead atoms. The lowest BCUT2D eigenvalue weighted by atomic mass is 9.77. The average Bonchev–Trinajstić information content (AvgIpc) is 2.47. The van der Waals surface area contributed by atoms with Crippen LogP contribution >= 0.6 is 0 Å². The van der Waals surface area contributed by atoms with Gasteiger partial charge >= 0.3 is 0 Å². The Bertz CT molecular complexity index is 751. The summed E-state index contributed by atoms with van der Waals surface area (Å²) in [5.74, 6) is 1.99. The number of aryl methyl sites for hydroxylation is 1. The van der Waals surface area contributed by atoms with Crippen LogP contribution in [0, 0.1) is 6.92 Å². The minimum atomic E-state index is -1.59. The zero-order valence-corrected chi connectivity index (χ0v) is 19.9. The van der Waals surface area contributed by atoms with Crippen molar-refractivity contribution in [1.29, 1.82) is 0 Å². The number of hydrogen-bond donors (Lipinski definition) is 0. The van der Waals surface area contributed by atoms with Crippen molar-refractivity contribution in [3.05, 3.63) is 59.2 Å². The monoisotopic (exact) mass is 386 g/mol. The van der Waals surface area contributed by atoms with Gasteiger partial charge in [-0.25, -0.2) is 0 Å². The third-order valence-corrected chi connectivity index (χ3v) is 5.99. The molecular formula is C22H34O2Si2. The van der Waals surface area contributed by atoms with Crippen LogP contribution in [0.3, 0.4) is 0 Å². The van der Waals surface area contributed by atoms with E-state index in [9.17, 15) is 0 Å². The summed E-state index contributed by atoms with van der Waals surface area (Å²) in [6.45, 7) is 20.0. The molecule has 0 atom stereocenters. The summed E-state index contributed by atoms with van der Waals surface area (Å²) < 4.78 is 12.3. The fourth-order valence-corrected chi connectivity index (χ4v) is 4.67. The first kappa shape index (κ1) is 20.8. The lowest BCUT2D eigenvalue weighted by molar-refractivity contribution is 0.550. The maximum absolute atomic E-state index is 6.19. The van der Waals surface area contributed by atoms with Crippen LogP contribution in [0.15, 0.2) is 42.5 Å². The molecule has 0 fully saturated rings. The van der Waals surface area contributed by atoms with Crippen molar-refractivity contribution in [3.8, 4) is 11.5 Å². The van der Waals surface area contributed by atoms with Gasteiger partial charge in [-0.3, -0.25) is 0 Å². The maximum atomic E-state index is 6.19. The third-order valence-electron chi connectivity index (χ3n) is 4.31. The quantitative estimate of drug-likeness (QED) is 0.511. The van der Waals surface area contributed by atoms with Gasteiger partial charge in [0.25, 0.3) is 0 Å². The van der Waals surface area contributed by atoms with Crippen molar-refractivity contribution < 1.29 is 8.85 Å². The van der Waals surface area contributed by atoms with E-state index < -0.39 is 16.6 Å². The van der Waals surface area contributed by atoms with E-state index in [0.29, 0.717) is 0 Å². The topological polar surface area (TPSA) is 18.5 Å². The molecule has 0 radical (unpaired) electrons. The summed E-state index contributed by atoms with van der Waals surface area (Å²) in [4.78, 5) is 0. The SMILES string of the molecule is Cc1cc(C(C)(C)c2ccc(O[Si](C)(C)C)cc2)ccc1O[Si](C)(C)C. The van der Waals surface area contributed by atoms with Crippen molar-refractivity contribution in [3.63, 3.8) is 0 Å². The summed E-state index contributed by atoms with van der Waals surface area (Å²) in [5.41, 5.74) is 3.73. The van der Waals surface area contributed by atoms with Crippen LogP contribution in [0.2, 0.25) is 39.3 Å². The first-order chi connectivity index (χ1) is 11.8. The van der Waals surface area contributed by atoms with Crippen molar-refractivity contribution in [1.82, 2.24) is 0 Å². The van der Waals surface area contributed by atoms with Gasteiger partial charge in [0, 0.05) is 5.41 Å². The van der Waals surface area contributed by atoms with Crippen molar-refractivity contribution >= 4 is 16.6 Å². The highest BCUT2D eigenvalue weighted by Crippen LogP contribution is 2.35. The second-order valence-electron chi connectivity index (χ2n) is 9.56. The van der Waals surface area contributed by atoms with Gasteiger partial charge in [-0.15, -0.1) is 0 Å². The van der Waals surface area contributed by atoms with Gasteiger partial charge in [0.1, 0.15) is 11.5 Å². The summed E-state index contributed by atoms with van der Waals surface area (Å²) in [6.07, 6.45) is 0. The van der Waals surface area contributed by atoms with Crippen molar-refractivity contribution in [2.45, 2.75) is 65.5 Å². The average molecular weight is 387 g/mol. The molecule has 26 heavy (non-hydrogen) atoms. The predicted molar refractivity (Wildman–Crippen MR) is 118 cm³/mol. The molecule has 0 saturated carbocycles. The van der Waals surface area contributed by atoms with Crippen LogP contribution in [-0.2, 0) is 5.41 Å². The van der Waals surface area contributed by atoms with Crippen LogP contribution in [0.1, 0.15) is 30.5 Å². The Morgan fingerprint density at radius 2 is 1.19 bits per heavy atom. The largest absolute Gasteiger partial charge is 0.544 e. The fraction of sp³-hybridized carbons (Fsp3) is 0.455. The Labute approximate surface area is 161 Å². The lowest BCUT2D eigenvalue weighted by Crippen LogP contribution is -2.29. The van der Waals surface area contributed by atoms with E-state index in [2.05, 4.69) is 103 Å². The molecule has 0 amide bonds. The number of benzene rings is 2. The Balaban J connectivity index is 2.28. The normalized spacial score (nSPS) is 12.8. The highest BCUT2D eigenvalue weighted by molar-refractivity contribution is 6.70. The van der Waals surface area contributed by atoms with Crippen LogP contribution in [0.4, 0.5) is 0 Å². The molecule has 0 aliphatic rings. The molecule has 0 aliphatic carbocycles. The third kappa shape index (κ3) is 5.48. The molecule has 2 aromatic carbocycles. The van der Waals surface area contributed by atoms with E-state index in [-0.39, 0.29) is 5.41 Å². The first-order valence-electron chi connectivity index (χ1n) is 9.38. The zero-order valence-electron chi connectivity index (χ0n) is 17.9. The maximum Gasteiger partial charge on any atom is 0.242 e. The molecule has 0 spiro atoms. The Morgan fingerprint density at radius 1 is 0.692 bits per heavy atom. The molecule has 2 nitrogen and oxygen atoms in total. The minimum Gasteiger partial charge on any atom is -0.544 e.